The molecule has 39 heavy (non-hydrogen) atoms. The van der Waals surface area contributed by atoms with Crippen LogP contribution in [0.2, 0.25) is 15.1 Å². The fourth-order valence-corrected chi connectivity index (χ4v) is 4.84. The maximum atomic E-state index is 12.3. The zero-order valence-corrected chi connectivity index (χ0v) is 24.2. The Morgan fingerprint density at radius 1 is 1.00 bits per heavy atom. The fourth-order valence-electron chi connectivity index (χ4n) is 4.03. The smallest absolute Gasteiger partial charge is 0.251 e. The average molecular weight is 584 g/mol. The molecule has 3 aromatic carbocycles. The average Bonchev–Trinajstić information content (AvgIpc) is 3.34. The van der Waals surface area contributed by atoms with Crippen molar-refractivity contribution in [3.05, 3.63) is 104 Å². The molecule has 0 aliphatic heterocycles. The van der Waals surface area contributed by atoms with Gasteiger partial charge in [0.1, 0.15) is 23.8 Å². The number of carbonyl (C=O) groups excluding carboxylic acids is 1. The zero-order valence-electron chi connectivity index (χ0n) is 21.9. The Labute approximate surface area is 243 Å². The summed E-state index contributed by atoms with van der Waals surface area (Å²) in [6, 6.07) is 18.3. The summed E-state index contributed by atoms with van der Waals surface area (Å²) < 4.78 is 11.8. The minimum atomic E-state index is -0.0833. The van der Waals surface area contributed by atoms with Crippen molar-refractivity contribution in [1.29, 1.82) is 0 Å². The summed E-state index contributed by atoms with van der Waals surface area (Å²) in [5.41, 5.74) is 4.29. The Morgan fingerprint density at radius 2 is 1.74 bits per heavy atom. The molecule has 0 saturated heterocycles. The minimum Gasteiger partial charge on any atom is -0.489 e. The van der Waals surface area contributed by atoms with Gasteiger partial charge in [-0.15, -0.1) is 0 Å². The van der Waals surface area contributed by atoms with Crippen LogP contribution in [0.4, 0.5) is 0 Å². The number of amides is 1. The van der Waals surface area contributed by atoms with Gasteiger partial charge >= 0.3 is 0 Å². The van der Waals surface area contributed by atoms with Gasteiger partial charge in [-0.05, 0) is 60.0 Å². The van der Waals surface area contributed by atoms with Crippen molar-refractivity contribution in [2.45, 2.75) is 39.7 Å². The highest BCUT2D eigenvalue weighted by molar-refractivity contribution is 6.39. The largest absolute Gasteiger partial charge is 0.489 e. The van der Waals surface area contributed by atoms with Gasteiger partial charge in [-0.25, -0.2) is 0 Å². The van der Waals surface area contributed by atoms with Crippen molar-refractivity contribution in [1.82, 2.24) is 10.5 Å². The van der Waals surface area contributed by atoms with Crippen LogP contribution in [0.1, 0.15) is 65.9 Å². The molecule has 202 valence electrons. The second kappa shape index (κ2) is 13.2. The molecule has 0 radical (unpaired) electrons. The summed E-state index contributed by atoms with van der Waals surface area (Å²) in [5.74, 6) is 1.30. The lowest BCUT2D eigenvalue weighted by Gasteiger charge is -2.11. The number of halogens is 3. The first-order valence-corrected chi connectivity index (χ1v) is 13.8. The van der Waals surface area contributed by atoms with Crippen LogP contribution < -0.4 is 10.1 Å². The van der Waals surface area contributed by atoms with E-state index in [1.165, 1.54) is 0 Å². The molecule has 0 spiro atoms. The second-order valence-electron chi connectivity index (χ2n) is 9.31. The molecule has 4 rings (SSSR count). The van der Waals surface area contributed by atoms with Crippen molar-refractivity contribution >= 4 is 52.9 Å². The molecule has 1 heterocycles. The minimum absolute atomic E-state index is 0.0819. The van der Waals surface area contributed by atoms with Gasteiger partial charge in [0.2, 0.25) is 0 Å². The lowest BCUT2D eigenvalue weighted by Crippen LogP contribution is -2.23. The normalized spacial score (nSPS) is 11.4. The summed E-state index contributed by atoms with van der Waals surface area (Å²) in [4.78, 5) is 12.3. The summed E-state index contributed by atoms with van der Waals surface area (Å²) in [5, 5.41) is 8.67. The molecule has 0 saturated carbocycles. The first-order valence-electron chi connectivity index (χ1n) is 12.7. The lowest BCUT2D eigenvalue weighted by atomic mass is 10.0. The molecule has 5 nitrogen and oxygen atoms in total. The highest BCUT2D eigenvalue weighted by Crippen LogP contribution is 2.39. The van der Waals surface area contributed by atoms with E-state index in [0.29, 0.717) is 49.9 Å². The molecule has 1 aromatic heterocycles. The van der Waals surface area contributed by atoms with E-state index in [0.717, 1.165) is 23.1 Å². The van der Waals surface area contributed by atoms with Crippen molar-refractivity contribution < 1.29 is 14.1 Å². The van der Waals surface area contributed by atoms with E-state index in [1.807, 2.05) is 63.3 Å². The number of nitrogens with zero attached hydrogens (tertiary/aromatic N) is 1. The van der Waals surface area contributed by atoms with E-state index in [-0.39, 0.29) is 18.4 Å². The van der Waals surface area contributed by atoms with Gasteiger partial charge in [-0.3, -0.25) is 4.79 Å². The van der Waals surface area contributed by atoms with E-state index >= 15 is 0 Å². The number of benzene rings is 3. The van der Waals surface area contributed by atoms with Crippen molar-refractivity contribution in [3.8, 4) is 17.0 Å². The maximum Gasteiger partial charge on any atom is 0.251 e. The van der Waals surface area contributed by atoms with Gasteiger partial charge in [0.15, 0.2) is 0 Å². The Hall–Kier alpha value is -3.25. The van der Waals surface area contributed by atoms with Crippen LogP contribution in [0.5, 0.6) is 5.75 Å². The summed E-state index contributed by atoms with van der Waals surface area (Å²) in [6.07, 6.45) is 4.71. The van der Waals surface area contributed by atoms with Gasteiger partial charge in [-0.2, -0.15) is 0 Å². The molecular formula is C31H29Cl3N2O3. The number of hydrogen-bond donors (Lipinski definition) is 1. The van der Waals surface area contributed by atoms with Gasteiger partial charge < -0.3 is 14.6 Å². The van der Waals surface area contributed by atoms with Crippen molar-refractivity contribution in [2.24, 2.45) is 0 Å². The Kier molecular flexibility index (Phi) is 9.73. The second-order valence-corrected chi connectivity index (χ2v) is 10.5. The molecule has 0 fully saturated rings. The Bertz CT molecular complexity index is 1470. The number of ether oxygens (including phenoxy) is 1. The van der Waals surface area contributed by atoms with Crippen LogP contribution in [-0.4, -0.2) is 17.6 Å². The zero-order chi connectivity index (χ0) is 27.9. The van der Waals surface area contributed by atoms with Crippen molar-refractivity contribution in [2.75, 3.05) is 6.54 Å². The fraction of sp³-hybridized carbons (Fsp3) is 0.226. The monoisotopic (exact) mass is 582 g/mol. The quantitative estimate of drug-likeness (QED) is 0.189. The standard InChI is InChI=1S/C31H29Cl3N2O3/c1-4-15-35-31(37)22-8-5-7-20(16-22)11-12-21-13-14-23(17-27(21)34)38-18-24-29(36-39-30(24)19(2)3)28-25(32)9-6-10-26(28)33/h5-14,16-17,19H,4,15,18H2,1-3H3,(H,35,37)/b12-11+. The van der Waals surface area contributed by atoms with E-state index in [2.05, 4.69) is 10.5 Å². The van der Waals surface area contributed by atoms with Crippen LogP contribution in [0.15, 0.2) is 65.2 Å². The highest BCUT2D eigenvalue weighted by atomic mass is 35.5. The molecule has 4 aromatic rings. The van der Waals surface area contributed by atoms with Gasteiger partial charge in [0.05, 0.1) is 20.6 Å². The summed E-state index contributed by atoms with van der Waals surface area (Å²) in [7, 11) is 0. The third-order valence-corrected chi connectivity index (χ3v) is 6.99. The molecule has 0 atom stereocenters. The van der Waals surface area contributed by atoms with Crippen LogP contribution in [0.3, 0.4) is 0 Å². The van der Waals surface area contributed by atoms with Crippen LogP contribution in [0.25, 0.3) is 23.4 Å². The topological polar surface area (TPSA) is 64.4 Å². The number of hydrogen-bond acceptors (Lipinski definition) is 4. The maximum absolute atomic E-state index is 12.3. The Morgan fingerprint density at radius 3 is 2.44 bits per heavy atom. The molecular weight excluding hydrogens is 555 g/mol. The van der Waals surface area contributed by atoms with Crippen LogP contribution in [0, 0.1) is 0 Å². The van der Waals surface area contributed by atoms with Crippen LogP contribution in [-0.2, 0) is 6.61 Å². The molecule has 1 amide bonds. The number of aromatic nitrogens is 1. The van der Waals surface area contributed by atoms with E-state index in [4.69, 9.17) is 44.1 Å². The number of nitrogens with one attached hydrogen (secondary N) is 1. The van der Waals surface area contributed by atoms with E-state index in [1.54, 1.807) is 30.3 Å². The first-order chi connectivity index (χ1) is 18.8. The van der Waals surface area contributed by atoms with E-state index < -0.39 is 0 Å². The Balaban J connectivity index is 1.51. The summed E-state index contributed by atoms with van der Waals surface area (Å²) >= 11 is 19.5. The SMILES string of the molecule is CCCNC(=O)c1cccc(/C=C/c2ccc(OCc3c(-c4c(Cl)cccc4Cl)noc3C(C)C)cc2Cl)c1. The molecule has 0 unspecified atom stereocenters. The number of rotatable bonds is 10. The number of carbonyl (C=O) groups is 1. The van der Waals surface area contributed by atoms with Crippen molar-refractivity contribution in [3.63, 3.8) is 0 Å². The van der Waals surface area contributed by atoms with Gasteiger partial charge in [0.25, 0.3) is 5.91 Å². The predicted octanol–water partition coefficient (Wildman–Crippen LogP) is 9.31. The molecule has 1 N–H and O–H groups in total. The summed E-state index contributed by atoms with van der Waals surface area (Å²) in [6.45, 7) is 6.91. The lowest BCUT2D eigenvalue weighted by molar-refractivity contribution is 0.0953. The predicted molar refractivity (Wildman–Crippen MR) is 160 cm³/mol. The first kappa shape index (κ1) is 28.8. The van der Waals surface area contributed by atoms with Crippen LogP contribution >= 0.6 is 34.8 Å². The van der Waals surface area contributed by atoms with Gasteiger partial charge in [0, 0.05) is 23.6 Å². The molecule has 0 aliphatic rings. The molecule has 0 aliphatic carbocycles. The van der Waals surface area contributed by atoms with E-state index in [9.17, 15) is 4.79 Å². The third kappa shape index (κ3) is 7.04. The molecule has 0 bridgehead atoms. The third-order valence-electron chi connectivity index (χ3n) is 6.04. The molecule has 8 heteroatoms. The van der Waals surface area contributed by atoms with Gasteiger partial charge in [-0.1, -0.05) is 91.1 Å². The highest BCUT2D eigenvalue weighted by Gasteiger charge is 2.24.